The fourth-order valence-corrected chi connectivity index (χ4v) is 4.42. The molecule has 2 saturated heterocycles. The summed E-state index contributed by atoms with van der Waals surface area (Å²) in [5, 5.41) is 0. The van der Waals surface area contributed by atoms with Crippen molar-refractivity contribution in [3.05, 3.63) is 0 Å². The van der Waals surface area contributed by atoms with Crippen LogP contribution in [-0.4, -0.2) is 53.2 Å². The first-order chi connectivity index (χ1) is 11.4. The van der Waals surface area contributed by atoms with Crippen LogP contribution in [0.3, 0.4) is 0 Å². The third kappa shape index (κ3) is 5.37. The van der Waals surface area contributed by atoms with Gasteiger partial charge in [-0.3, -0.25) is 4.90 Å². The van der Waals surface area contributed by atoms with Gasteiger partial charge in [-0.1, -0.05) is 26.2 Å². The van der Waals surface area contributed by atoms with Gasteiger partial charge >= 0.3 is 6.09 Å². The van der Waals surface area contributed by atoms with E-state index in [1.165, 1.54) is 58.0 Å². The van der Waals surface area contributed by atoms with E-state index in [4.69, 9.17) is 4.74 Å². The summed E-state index contributed by atoms with van der Waals surface area (Å²) in [6, 6.07) is 0. The molecule has 4 nitrogen and oxygen atoms in total. The van der Waals surface area contributed by atoms with E-state index >= 15 is 0 Å². The average Bonchev–Trinajstić information content (AvgIpc) is 2.87. The molecule has 0 radical (unpaired) electrons. The standard InChI is InChI=1S/C20H38N2O2/c1-5-11-20(22-15-8-6-7-9-16-22)12-10-14-21(17-13-20)18(23)24-19(2,3)4/h5-17H2,1-4H3. The third-order valence-electron chi connectivity index (χ3n) is 5.56. The number of carbonyl (C=O) groups is 1. The lowest BCUT2D eigenvalue weighted by Crippen LogP contribution is -2.50. The second-order valence-corrected chi connectivity index (χ2v) is 8.70. The van der Waals surface area contributed by atoms with E-state index in [2.05, 4.69) is 11.8 Å². The van der Waals surface area contributed by atoms with E-state index in [9.17, 15) is 4.79 Å². The monoisotopic (exact) mass is 338 g/mol. The van der Waals surface area contributed by atoms with E-state index < -0.39 is 5.60 Å². The highest BCUT2D eigenvalue weighted by Crippen LogP contribution is 2.35. The summed E-state index contributed by atoms with van der Waals surface area (Å²) < 4.78 is 5.60. The van der Waals surface area contributed by atoms with Crippen LogP contribution in [0.4, 0.5) is 4.79 Å². The lowest BCUT2D eigenvalue weighted by molar-refractivity contribution is 0.0231. The minimum Gasteiger partial charge on any atom is -0.444 e. The van der Waals surface area contributed by atoms with E-state index in [1.807, 2.05) is 25.7 Å². The summed E-state index contributed by atoms with van der Waals surface area (Å²) >= 11 is 0. The molecule has 0 aromatic heterocycles. The molecule has 2 aliphatic rings. The van der Waals surface area contributed by atoms with Gasteiger partial charge in [0.05, 0.1) is 0 Å². The number of carbonyl (C=O) groups excluding carboxylic acids is 1. The first-order valence-electron chi connectivity index (χ1n) is 10.1. The van der Waals surface area contributed by atoms with Crippen LogP contribution in [0.2, 0.25) is 0 Å². The van der Waals surface area contributed by atoms with Crippen LogP contribution in [0.15, 0.2) is 0 Å². The van der Waals surface area contributed by atoms with Gasteiger partial charge in [-0.2, -0.15) is 0 Å². The van der Waals surface area contributed by atoms with Gasteiger partial charge in [0.1, 0.15) is 5.60 Å². The Morgan fingerprint density at radius 3 is 2.21 bits per heavy atom. The predicted octanol–water partition coefficient (Wildman–Crippen LogP) is 4.82. The Balaban J connectivity index is 2.04. The first-order valence-corrected chi connectivity index (χ1v) is 10.1. The van der Waals surface area contributed by atoms with Crippen molar-refractivity contribution < 1.29 is 9.53 Å². The van der Waals surface area contributed by atoms with Crippen molar-refractivity contribution >= 4 is 6.09 Å². The zero-order valence-electron chi connectivity index (χ0n) is 16.4. The number of rotatable bonds is 3. The highest BCUT2D eigenvalue weighted by molar-refractivity contribution is 5.68. The van der Waals surface area contributed by atoms with E-state index in [1.54, 1.807) is 0 Å². The molecule has 0 N–H and O–H groups in total. The summed E-state index contributed by atoms with van der Waals surface area (Å²) in [4.78, 5) is 17.2. The molecule has 1 unspecified atom stereocenters. The van der Waals surface area contributed by atoms with Crippen molar-refractivity contribution in [3.63, 3.8) is 0 Å². The molecule has 2 aliphatic heterocycles. The zero-order chi connectivity index (χ0) is 17.6. The molecular weight excluding hydrogens is 300 g/mol. The van der Waals surface area contributed by atoms with Crippen molar-refractivity contribution in [1.82, 2.24) is 9.80 Å². The fraction of sp³-hybridized carbons (Fsp3) is 0.950. The van der Waals surface area contributed by atoms with Crippen LogP contribution in [0.25, 0.3) is 0 Å². The van der Waals surface area contributed by atoms with E-state index in [0.717, 1.165) is 25.9 Å². The van der Waals surface area contributed by atoms with Gasteiger partial charge in [-0.05, 0) is 72.4 Å². The molecule has 0 bridgehead atoms. The number of likely N-dealkylation sites (tertiary alicyclic amines) is 2. The van der Waals surface area contributed by atoms with Crippen molar-refractivity contribution in [2.24, 2.45) is 0 Å². The van der Waals surface area contributed by atoms with Crippen molar-refractivity contribution in [3.8, 4) is 0 Å². The number of amides is 1. The smallest absolute Gasteiger partial charge is 0.410 e. The van der Waals surface area contributed by atoms with Crippen LogP contribution in [0.5, 0.6) is 0 Å². The summed E-state index contributed by atoms with van der Waals surface area (Å²) in [5.74, 6) is 0. The number of hydrogen-bond acceptors (Lipinski definition) is 3. The molecule has 2 rings (SSSR count). The molecule has 0 saturated carbocycles. The maximum absolute atomic E-state index is 12.5. The highest BCUT2D eigenvalue weighted by atomic mass is 16.6. The predicted molar refractivity (Wildman–Crippen MR) is 99.3 cm³/mol. The molecule has 0 spiro atoms. The Kier molecular flexibility index (Phi) is 6.97. The topological polar surface area (TPSA) is 32.8 Å². The van der Waals surface area contributed by atoms with Crippen molar-refractivity contribution in [2.45, 2.75) is 96.6 Å². The van der Waals surface area contributed by atoms with Gasteiger partial charge in [0.25, 0.3) is 0 Å². The molecule has 1 amide bonds. The van der Waals surface area contributed by atoms with Gasteiger partial charge in [-0.15, -0.1) is 0 Å². The largest absolute Gasteiger partial charge is 0.444 e. The average molecular weight is 339 g/mol. The Hall–Kier alpha value is -0.770. The number of hydrogen-bond donors (Lipinski definition) is 0. The molecule has 0 aromatic carbocycles. The van der Waals surface area contributed by atoms with Gasteiger partial charge in [0.2, 0.25) is 0 Å². The van der Waals surface area contributed by atoms with Gasteiger partial charge < -0.3 is 9.64 Å². The highest BCUT2D eigenvalue weighted by Gasteiger charge is 2.38. The summed E-state index contributed by atoms with van der Waals surface area (Å²) in [6.07, 6.45) is 11.2. The molecule has 4 heteroatoms. The number of nitrogens with zero attached hydrogens (tertiary/aromatic N) is 2. The Morgan fingerprint density at radius 2 is 1.62 bits per heavy atom. The number of ether oxygens (including phenoxy) is 1. The summed E-state index contributed by atoms with van der Waals surface area (Å²) in [5.41, 5.74) is -0.107. The van der Waals surface area contributed by atoms with Crippen molar-refractivity contribution in [1.29, 1.82) is 0 Å². The maximum atomic E-state index is 12.5. The van der Waals surface area contributed by atoms with E-state index in [-0.39, 0.29) is 6.09 Å². The second-order valence-electron chi connectivity index (χ2n) is 8.70. The Morgan fingerprint density at radius 1 is 0.958 bits per heavy atom. The lowest BCUT2D eigenvalue weighted by Gasteiger charge is -2.44. The third-order valence-corrected chi connectivity index (χ3v) is 5.56. The Labute approximate surface area is 148 Å². The zero-order valence-corrected chi connectivity index (χ0v) is 16.4. The summed E-state index contributed by atoms with van der Waals surface area (Å²) in [6.45, 7) is 12.3. The van der Waals surface area contributed by atoms with Crippen LogP contribution < -0.4 is 0 Å². The second kappa shape index (κ2) is 8.55. The Bertz CT molecular complexity index is 397. The molecule has 1 atom stereocenters. The minimum atomic E-state index is -0.408. The van der Waals surface area contributed by atoms with Crippen LogP contribution in [-0.2, 0) is 4.74 Å². The molecular formula is C20H38N2O2. The molecule has 0 aromatic rings. The quantitative estimate of drug-likeness (QED) is 0.739. The van der Waals surface area contributed by atoms with Gasteiger partial charge in [0, 0.05) is 18.6 Å². The maximum Gasteiger partial charge on any atom is 0.410 e. The van der Waals surface area contributed by atoms with Crippen LogP contribution in [0.1, 0.15) is 85.5 Å². The van der Waals surface area contributed by atoms with Crippen LogP contribution >= 0.6 is 0 Å². The SMILES string of the molecule is CCCC1(N2CCCCCC2)CCCN(C(=O)OC(C)(C)C)CC1. The molecule has 140 valence electrons. The minimum absolute atomic E-state index is 0.134. The van der Waals surface area contributed by atoms with Crippen LogP contribution in [0, 0.1) is 0 Å². The normalized spacial score (nSPS) is 27.4. The van der Waals surface area contributed by atoms with Gasteiger partial charge in [0.15, 0.2) is 0 Å². The van der Waals surface area contributed by atoms with Crippen molar-refractivity contribution in [2.75, 3.05) is 26.2 Å². The molecule has 0 aliphatic carbocycles. The molecule has 2 fully saturated rings. The molecule has 2 heterocycles. The summed E-state index contributed by atoms with van der Waals surface area (Å²) in [7, 11) is 0. The fourth-order valence-electron chi connectivity index (χ4n) is 4.42. The molecule has 24 heavy (non-hydrogen) atoms. The first kappa shape index (κ1) is 19.6. The van der Waals surface area contributed by atoms with Gasteiger partial charge in [-0.25, -0.2) is 4.79 Å². The lowest BCUT2D eigenvalue weighted by atomic mass is 9.83. The van der Waals surface area contributed by atoms with E-state index in [0.29, 0.717) is 5.54 Å².